The highest BCUT2D eigenvalue weighted by Crippen LogP contribution is 2.43. The van der Waals surface area contributed by atoms with Crippen LogP contribution in [0.15, 0.2) is 60.7 Å². The highest BCUT2D eigenvalue weighted by atomic mass is 31.1. The first-order chi connectivity index (χ1) is 14.1. The summed E-state index contributed by atoms with van der Waals surface area (Å²) in [7, 11) is 2.32. The summed E-state index contributed by atoms with van der Waals surface area (Å²) in [5.74, 6) is 2.04. The van der Waals surface area contributed by atoms with Crippen LogP contribution in [-0.2, 0) is 6.42 Å². The minimum atomic E-state index is -1.07. The van der Waals surface area contributed by atoms with Crippen LogP contribution in [0.3, 0.4) is 0 Å². The van der Waals surface area contributed by atoms with Gasteiger partial charge in [0.05, 0.1) is 14.2 Å². The van der Waals surface area contributed by atoms with Crippen molar-refractivity contribution in [2.24, 2.45) is 0 Å². The predicted octanol–water partition coefficient (Wildman–Crippen LogP) is 4.82. The Morgan fingerprint density at radius 2 is 1.38 bits per heavy atom. The fourth-order valence-corrected chi connectivity index (χ4v) is 6.29. The first kappa shape index (κ1) is 21.2. The molecule has 0 aromatic heterocycles. The minimum Gasteiger partial charge on any atom is -0.507 e. The van der Waals surface area contributed by atoms with Gasteiger partial charge in [-0.3, -0.25) is 0 Å². The molecule has 0 aliphatic carbocycles. The lowest BCUT2D eigenvalue weighted by atomic mass is 10.0. The first-order valence-electron chi connectivity index (χ1n) is 9.99. The Kier molecular flexibility index (Phi) is 7.17. The number of para-hydroxylation sites is 2. The van der Waals surface area contributed by atoms with Crippen LogP contribution in [0.5, 0.6) is 17.2 Å². The van der Waals surface area contributed by atoms with Crippen molar-refractivity contribution >= 4 is 23.8 Å². The van der Waals surface area contributed by atoms with Crippen LogP contribution < -0.4 is 25.4 Å². The SMILES string of the molecule is CCCCc1cc(C)cc(P(c2ccccc2OC)c2ccccc2OC)c1O. The quantitative estimate of drug-likeness (QED) is 0.543. The number of methoxy groups -OCH3 is 2. The highest BCUT2D eigenvalue weighted by Gasteiger charge is 2.26. The fraction of sp³-hybridized carbons (Fsp3) is 0.280. The number of ether oxygens (including phenoxy) is 2. The maximum Gasteiger partial charge on any atom is 0.127 e. The summed E-state index contributed by atoms with van der Waals surface area (Å²) in [5, 5.41) is 14.4. The zero-order valence-corrected chi connectivity index (χ0v) is 18.5. The molecule has 0 aliphatic heterocycles. The predicted molar refractivity (Wildman–Crippen MR) is 123 cm³/mol. The number of benzene rings is 3. The van der Waals surface area contributed by atoms with Crippen LogP contribution in [0, 0.1) is 6.92 Å². The smallest absolute Gasteiger partial charge is 0.127 e. The highest BCUT2D eigenvalue weighted by molar-refractivity contribution is 7.80. The van der Waals surface area contributed by atoms with E-state index in [9.17, 15) is 5.11 Å². The van der Waals surface area contributed by atoms with Crippen molar-refractivity contribution in [3.05, 3.63) is 71.8 Å². The second-order valence-electron chi connectivity index (χ2n) is 7.07. The monoisotopic (exact) mass is 408 g/mol. The Labute approximate surface area is 175 Å². The second-order valence-corrected chi connectivity index (χ2v) is 9.19. The Morgan fingerprint density at radius 3 is 1.90 bits per heavy atom. The van der Waals surface area contributed by atoms with Crippen LogP contribution >= 0.6 is 7.92 Å². The number of phenols is 1. The maximum atomic E-state index is 11.3. The maximum absolute atomic E-state index is 11.3. The summed E-state index contributed by atoms with van der Waals surface area (Å²) in [6.07, 6.45) is 3.02. The molecule has 0 unspecified atom stereocenters. The number of rotatable bonds is 8. The standard InChI is InChI=1S/C25H29O3P/c1-5-6-11-19-16-18(2)17-24(25(19)26)29(22-14-9-7-12-20(22)27-3)23-15-10-8-13-21(23)28-4/h7-10,12-17,26H,5-6,11H2,1-4H3. The zero-order chi connectivity index (χ0) is 20.8. The summed E-state index contributed by atoms with van der Waals surface area (Å²) in [4.78, 5) is 0. The van der Waals surface area contributed by atoms with Crippen LogP contribution in [0.2, 0.25) is 0 Å². The molecular formula is C25H29O3P. The molecule has 0 amide bonds. The van der Waals surface area contributed by atoms with E-state index < -0.39 is 7.92 Å². The van der Waals surface area contributed by atoms with Crippen molar-refractivity contribution in [2.75, 3.05) is 14.2 Å². The van der Waals surface area contributed by atoms with Gasteiger partial charge in [0.2, 0.25) is 0 Å². The van der Waals surface area contributed by atoms with Gasteiger partial charge in [-0.15, -0.1) is 0 Å². The Morgan fingerprint density at radius 1 is 0.828 bits per heavy atom. The summed E-state index contributed by atoms with van der Waals surface area (Å²) < 4.78 is 11.4. The first-order valence-corrected chi connectivity index (χ1v) is 11.3. The van der Waals surface area contributed by atoms with Gasteiger partial charge in [0, 0.05) is 15.9 Å². The van der Waals surface area contributed by atoms with Crippen molar-refractivity contribution in [1.29, 1.82) is 0 Å². The lowest BCUT2D eigenvalue weighted by Gasteiger charge is -2.25. The topological polar surface area (TPSA) is 38.7 Å². The number of phenolic OH excluding ortho intramolecular Hbond substituents is 1. The van der Waals surface area contributed by atoms with Gasteiger partial charge in [0.25, 0.3) is 0 Å². The third-order valence-corrected chi connectivity index (χ3v) is 7.53. The number of aryl methyl sites for hydroxylation is 2. The zero-order valence-electron chi connectivity index (χ0n) is 17.6. The van der Waals surface area contributed by atoms with E-state index in [1.54, 1.807) is 14.2 Å². The largest absolute Gasteiger partial charge is 0.507 e. The normalized spacial score (nSPS) is 10.9. The number of hydrogen-bond donors (Lipinski definition) is 1. The molecule has 0 heterocycles. The van der Waals surface area contributed by atoms with Crippen molar-refractivity contribution in [2.45, 2.75) is 33.1 Å². The molecule has 0 aliphatic rings. The molecule has 0 saturated heterocycles. The van der Waals surface area contributed by atoms with E-state index in [0.29, 0.717) is 5.75 Å². The van der Waals surface area contributed by atoms with E-state index >= 15 is 0 Å². The van der Waals surface area contributed by atoms with Gasteiger partial charge in [-0.2, -0.15) is 0 Å². The van der Waals surface area contributed by atoms with E-state index in [-0.39, 0.29) is 0 Å². The van der Waals surface area contributed by atoms with Crippen molar-refractivity contribution in [3.63, 3.8) is 0 Å². The number of unbranched alkanes of at least 4 members (excludes halogenated alkanes) is 1. The van der Waals surface area contributed by atoms with Gasteiger partial charge < -0.3 is 14.6 Å². The Bertz CT molecular complexity index is 921. The molecule has 0 fully saturated rings. The van der Waals surface area contributed by atoms with Gasteiger partial charge in [-0.1, -0.05) is 55.8 Å². The molecule has 3 rings (SSSR count). The molecule has 3 nitrogen and oxygen atoms in total. The Hall–Kier alpha value is -2.51. The molecule has 0 saturated carbocycles. The van der Waals surface area contributed by atoms with Gasteiger partial charge in [-0.25, -0.2) is 0 Å². The van der Waals surface area contributed by atoms with Gasteiger partial charge >= 0.3 is 0 Å². The summed E-state index contributed by atoms with van der Waals surface area (Å²) in [6, 6.07) is 20.3. The third-order valence-electron chi connectivity index (χ3n) is 5.01. The Balaban J connectivity index is 2.28. The van der Waals surface area contributed by atoms with E-state index in [1.165, 1.54) is 0 Å². The van der Waals surface area contributed by atoms with E-state index in [1.807, 2.05) is 36.4 Å². The van der Waals surface area contributed by atoms with Crippen molar-refractivity contribution in [3.8, 4) is 17.2 Å². The molecule has 1 N–H and O–H groups in total. The molecule has 0 spiro atoms. The number of aromatic hydroxyl groups is 1. The second kappa shape index (κ2) is 9.80. The van der Waals surface area contributed by atoms with E-state index in [4.69, 9.17) is 9.47 Å². The van der Waals surface area contributed by atoms with Gasteiger partial charge in [0.15, 0.2) is 0 Å². The molecule has 29 heavy (non-hydrogen) atoms. The molecule has 4 heteroatoms. The minimum absolute atomic E-state index is 0.395. The lowest BCUT2D eigenvalue weighted by molar-refractivity contribution is 0.417. The summed E-state index contributed by atoms with van der Waals surface area (Å²) in [6.45, 7) is 4.26. The summed E-state index contributed by atoms with van der Waals surface area (Å²) in [5.41, 5.74) is 2.17. The van der Waals surface area contributed by atoms with E-state index in [0.717, 1.165) is 57.8 Å². The molecule has 0 radical (unpaired) electrons. The molecule has 0 atom stereocenters. The fourth-order valence-electron chi connectivity index (χ4n) is 3.58. The van der Waals surface area contributed by atoms with E-state index in [2.05, 4.69) is 38.1 Å². The molecular weight excluding hydrogens is 379 g/mol. The molecule has 152 valence electrons. The van der Waals surface area contributed by atoms with Crippen LogP contribution in [0.25, 0.3) is 0 Å². The molecule has 3 aromatic rings. The summed E-state index contributed by atoms with van der Waals surface area (Å²) >= 11 is 0. The molecule has 0 bridgehead atoms. The van der Waals surface area contributed by atoms with Gasteiger partial charge in [0.1, 0.15) is 17.2 Å². The van der Waals surface area contributed by atoms with Crippen molar-refractivity contribution < 1.29 is 14.6 Å². The van der Waals surface area contributed by atoms with Crippen LogP contribution in [0.4, 0.5) is 0 Å². The molecule has 3 aromatic carbocycles. The average Bonchev–Trinajstić information content (AvgIpc) is 2.75. The third kappa shape index (κ3) is 4.57. The van der Waals surface area contributed by atoms with Gasteiger partial charge in [-0.05, 0) is 57.0 Å². The lowest BCUT2D eigenvalue weighted by Crippen LogP contribution is -2.24. The van der Waals surface area contributed by atoms with Crippen LogP contribution in [0.1, 0.15) is 30.9 Å². The van der Waals surface area contributed by atoms with Crippen molar-refractivity contribution in [1.82, 2.24) is 0 Å². The van der Waals surface area contributed by atoms with Crippen LogP contribution in [-0.4, -0.2) is 19.3 Å². The average molecular weight is 408 g/mol. The number of hydrogen-bond acceptors (Lipinski definition) is 3.